The molecule has 1 fully saturated rings. The van der Waals surface area contributed by atoms with E-state index in [1.807, 2.05) is 19.9 Å². The lowest BCUT2D eigenvalue weighted by Crippen LogP contribution is -2.42. The number of amides is 2. The van der Waals surface area contributed by atoms with Crippen molar-refractivity contribution in [2.75, 3.05) is 31.2 Å². The number of rotatable bonds is 3. The fourth-order valence-corrected chi connectivity index (χ4v) is 3.26. The van der Waals surface area contributed by atoms with E-state index >= 15 is 0 Å². The predicted molar refractivity (Wildman–Crippen MR) is 96.0 cm³/mol. The number of carbonyl (C=O) groups is 2. The molecule has 132 valence electrons. The quantitative estimate of drug-likeness (QED) is 0.814. The van der Waals surface area contributed by atoms with E-state index in [4.69, 9.17) is 4.74 Å². The van der Waals surface area contributed by atoms with Gasteiger partial charge in [0.2, 0.25) is 0 Å². The fraction of sp³-hybridized carbons (Fsp3) is 0.353. The van der Waals surface area contributed by atoms with Crippen LogP contribution in [-0.2, 0) is 4.74 Å². The number of morpholine rings is 1. The van der Waals surface area contributed by atoms with Gasteiger partial charge in [-0.3, -0.25) is 20.4 Å². The van der Waals surface area contributed by atoms with Crippen molar-refractivity contribution in [3.05, 3.63) is 46.0 Å². The van der Waals surface area contributed by atoms with Gasteiger partial charge in [-0.05, 0) is 37.1 Å². The Balaban J connectivity index is 1.57. The molecule has 0 spiro atoms. The van der Waals surface area contributed by atoms with E-state index < -0.39 is 5.91 Å². The molecule has 2 N–H and O–H groups in total. The minimum atomic E-state index is -0.437. The molecule has 0 aliphatic carbocycles. The summed E-state index contributed by atoms with van der Waals surface area (Å²) in [5.74, 6) is -0.798. The molecule has 8 heteroatoms. The summed E-state index contributed by atoms with van der Waals surface area (Å²) in [6, 6.07) is 5.39. The van der Waals surface area contributed by atoms with Crippen molar-refractivity contribution in [3.63, 3.8) is 0 Å². The molecule has 1 aliphatic rings. The highest BCUT2D eigenvalue weighted by Crippen LogP contribution is 2.21. The van der Waals surface area contributed by atoms with Crippen LogP contribution in [0.5, 0.6) is 0 Å². The number of hydrazine groups is 1. The fourth-order valence-electron chi connectivity index (χ4n) is 2.40. The number of hydrogen-bond acceptors (Lipinski definition) is 6. The molecular formula is C17H20N4O3S. The second kappa shape index (κ2) is 7.62. The van der Waals surface area contributed by atoms with E-state index in [0.717, 1.165) is 29.3 Å². The molecule has 3 rings (SSSR count). The number of aromatic nitrogens is 1. The maximum Gasteiger partial charge on any atom is 0.289 e. The molecule has 1 aliphatic heterocycles. The zero-order valence-electron chi connectivity index (χ0n) is 14.2. The number of hydrogen-bond donors (Lipinski definition) is 2. The third-order valence-corrected chi connectivity index (χ3v) is 4.97. The monoisotopic (exact) mass is 360 g/mol. The number of carbonyl (C=O) groups excluding carboxylic acids is 2. The summed E-state index contributed by atoms with van der Waals surface area (Å²) < 4.78 is 5.31. The van der Waals surface area contributed by atoms with E-state index in [1.54, 1.807) is 17.5 Å². The Morgan fingerprint density at radius 3 is 2.56 bits per heavy atom. The second-order valence-electron chi connectivity index (χ2n) is 5.82. The van der Waals surface area contributed by atoms with E-state index in [-0.39, 0.29) is 11.6 Å². The number of thiazole rings is 1. The first kappa shape index (κ1) is 17.4. The molecule has 0 atom stereocenters. The zero-order chi connectivity index (χ0) is 17.8. The number of ether oxygens (including phenoxy) is 1. The number of benzene rings is 1. The normalized spacial score (nSPS) is 14.2. The van der Waals surface area contributed by atoms with Crippen LogP contribution in [0.2, 0.25) is 0 Å². The zero-order valence-corrected chi connectivity index (χ0v) is 15.0. The Kier molecular flexibility index (Phi) is 5.30. The van der Waals surface area contributed by atoms with Crippen molar-refractivity contribution >= 4 is 28.3 Å². The Morgan fingerprint density at radius 2 is 1.84 bits per heavy atom. The van der Waals surface area contributed by atoms with Crippen molar-refractivity contribution in [1.29, 1.82) is 0 Å². The van der Waals surface area contributed by atoms with Crippen LogP contribution in [0.3, 0.4) is 0 Å². The van der Waals surface area contributed by atoms with Gasteiger partial charge in [0.15, 0.2) is 5.13 Å². The highest BCUT2D eigenvalue weighted by Gasteiger charge is 2.18. The lowest BCUT2D eigenvalue weighted by Gasteiger charge is -2.25. The molecule has 25 heavy (non-hydrogen) atoms. The Morgan fingerprint density at radius 1 is 1.12 bits per heavy atom. The first-order valence-electron chi connectivity index (χ1n) is 8.01. The van der Waals surface area contributed by atoms with Crippen LogP contribution in [0.4, 0.5) is 5.13 Å². The third-order valence-electron chi connectivity index (χ3n) is 4.06. The summed E-state index contributed by atoms with van der Waals surface area (Å²) in [6.45, 7) is 6.76. The Bertz CT molecular complexity index is 784. The third kappa shape index (κ3) is 4.15. The lowest BCUT2D eigenvalue weighted by molar-refractivity contribution is 0.0844. The van der Waals surface area contributed by atoms with Gasteiger partial charge >= 0.3 is 0 Å². The average molecular weight is 360 g/mol. The topological polar surface area (TPSA) is 83.6 Å². The number of anilines is 1. The average Bonchev–Trinajstić information content (AvgIpc) is 3.12. The molecule has 1 saturated heterocycles. The van der Waals surface area contributed by atoms with E-state index in [1.165, 1.54) is 11.3 Å². The first-order chi connectivity index (χ1) is 12.0. The van der Waals surface area contributed by atoms with Crippen molar-refractivity contribution in [2.24, 2.45) is 0 Å². The van der Waals surface area contributed by atoms with Gasteiger partial charge in [-0.1, -0.05) is 6.07 Å². The van der Waals surface area contributed by atoms with Crippen molar-refractivity contribution in [2.45, 2.75) is 13.8 Å². The lowest BCUT2D eigenvalue weighted by atomic mass is 10.1. The SMILES string of the molecule is Cc1ccc(C(=O)NNC(=O)c2csc(N3CCOCC3)n2)cc1C. The molecule has 2 heterocycles. The van der Waals surface area contributed by atoms with Crippen LogP contribution in [-0.4, -0.2) is 43.1 Å². The highest BCUT2D eigenvalue weighted by molar-refractivity contribution is 7.13. The summed E-state index contributed by atoms with van der Waals surface area (Å²) in [5.41, 5.74) is 7.75. The summed E-state index contributed by atoms with van der Waals surface area (Å²) in [5, 5.41) is 2.47. The molecule has 0 bridgehead atoms. The number of aryl methyl sites for hydroxylation is 2. The summed E-state index contributed by atoms with van der Waals surface area (Å²) in [7, 11) is 0. The van der Waals surface area contributed by atoms with Gasteiger partial charge in [0.1, 0.15) is 5.69 Å². The van der Waals surface area contributed by atoms with Gasteiger partial charge < -0.3 is 9.64 Å². The van der Waals surface area contributed by atoms with Crippen molar-refractivity contribution < 1.29 is 14.3 Å². The van der Waals surface area contributed by atoms with Gasteiger partial charge in [0.25, 0.3) is 11.8 Å². The van der Waals surface area contributed by atoms with Gasteiger partial charge in [0, 0.05) is 24.0 Å². The summed E-state index contributed by atoms with van der Waals surface area (Å²) in [4.78, 5) is 30.7. The van der Waals surface area contributed by atoms with Crippen LogP contribution < -0.4 is 15.8 Å². The van der Waals surface area contributed by atoms with E-state index in [9.17, 15) is 9.59 Å². The van der Waals surface area contributed by atoms with Gasteiger partial charge in [-0.25, -0.2) is 4.98 Å². The van der Waals surface area contributed by atoms with Crippen LogP contribution in [0.25, 0.3) is 0 Å². The standard InChI is InChI=1S/C17H20N4O3S/c1-11-3-4-13(9-12(11)2)15(22)19-20-16(23)14-10-25-17(18-14)21-5-7-24-8-6-21/h3-4,9-10H,5-8H2,1-2H3,(H,19,22)(H,20,23). The molecule has 1 aromatic heterocycles. The summed E-state index contributed by atoms with van der Waals surface area (Å²) >= 11 is 1.40. The van der Waals surface area contributed by atoms with Crippen LogP contribution >= 0.6 is 11.3 Å². The van der Waals surface area contributed by atoms with E-state index in [2.05, 4.69) is 20.7 Å². The minimum absolute atomic E-state index is 0.284. The van der Waals surface area contributed by atoms with Crippen LogP contribution in [0.15, 0.2) is 23.6 Å². The minimum Gasteiger partial charge on any atom is -0.378 e. The molecular weight excluding hydrogens is 340 g/mol. The number of nitrogens with one attached hydrogen (secondary N) is 2. The van der Waals surface area contributed by atoms with Gasteiger partial charge in [0.05, 0.1) is 13.2 Å². The molecule has 0 saturated carbocycles. The molecule has 2 amide bonds. The maximum absolute atomic E-state index is 12.2. The molecule has 2 aromatic rings. The van der Waals surface area contributed by atoms with Gasteiger partial charge in [-0.2, -0.15) is 0 Å². The highest BCUT2D eigenvalue weighted by atomic mass is 32.1. The van der Waals surface area contributed by atoms with Crippen molar-refractivity contribution in [1.82, 2.24) is 15.8 Å². The second-order valence-corrected chi connectivity index (χ2v) is 6.66. The van der Waals surface area contributed by atoms with E-state index in [0.29, 0.717) is 18.8 Å². The van der Waals surface area contributed by atoms with Gasteiger partial charge in [-0.15, -0.1) is 11.3 Å². The molecule has 1 aromatic carbocycles. The smallest absolute Gasteiger partial charge is 0.289 e. The first-order valence-corrected chi connectivity index (χ1v) is 8.89. The number of nitrogens with zero attached hydrogens (tertiary/aromatic N) is 2. The molecule has 7 nitrogen and oxygen atoms in total. The summed E-state index contributed by atoms with van der Waals surface area (Å²) in [6.07, 6.45) is 0. The van der Waals surface area contributed by atoms with Crippen molar-refractivity contribution in [3.8, 4) is 0 Å². The molecule has 0 unspecified atom stereocenters. The Hall–Kier alpha value is -2.45. The Labute approximate surface area is 150 Å². The largest absolute Gasteiger partial charge is 0.378 e. The maximum atomic E-state index is 12.2. The van der Waals surface area contributed by atoms with Crippen LogP contribution in [0.1, 0.15) is 32.0 Å². The van der Waals surface area contributed by atoms with Crippen LogP contribution in [0, 0.1) is 13.8 Å². The molecule has 0 radical (unpaired) electrons. The predicted octanol–water partition coefficient (Wildman–Crippen LogP) is 1.67.